The molecule has 0 bridgehead atoms. The topological polar surface area (TPSA) is 68.2 Å². The van der Waals surface area contributed by atoms with Crippen molar-refractivity contribution in [2.45, 2.75) is 32.3 Å². The monoisotopic (exact) mass is 370 g/mol. The smallest absolute Gasteiger partial charge is 0.325 e. The Morgan fingerprint density at radius 1 is 1.46 bits per heavy atom. The molecule has 0 saturated heterocycles. The van der Waals surface area contributed by atoms with Crippen molar-refractivity contribution in [2.75, 3.05) is 19.7 Å². The van der Waals surface area contributed by atoms with Gasteiger partial charge in [-0.3, -0.25) is 9.59 Å². The van der Waals surface area contributed by atoms with Crippen LogP contribution in [0.2, 0.25) is 4.34 Å². The van der Waals surface area contributed by atoms with Gasteiger partial charge in [0.05, 0.1) is 15.8 Å². The van der Waals surface area contributed by atoms with Crippen LogP contribution >= 0.6 is 22.9 Å². The van der Waals surface area contributed by atoms with Crippen LogP contribution in [0, 0.1) is 5.92 Å². The quantitative estimate of drug-likeness (QED) is 0.692. The summed E-state index contributed by atoms with van der Waals surface area (Å²) < 4.78 is 5.63. The minimum Gasteiger partial charge on any atom is -0.465 e. The molecule has 3 rings (SSSR count). The highest BCUT2D eigenvalue weighted by Gasteiger charge is 2.36. The van der Waals surface area contributed by atoms with Crippen molar-refractivity contribution in [3.05, 3.63) is 21.3 Å². The first-order valence-corrected chi connectivity index (χ1v) is 9.19. The van der Waals surface area contributed by atoms with E-state index in [4.69, 9.17) is 21.2 Å². The molecule has 130 valence electrons. The maximum Gasteiger partial charge on any atom is 0.325 e. The van der Waals surface area contributed by atoms with Crippen LogP contribution in [0.25, 0.3) is 0 Å². The van der Waals surface area contributed by atoms with Crippen LogP contribution in [0.15, 0.2) is 17.3 Å². The second kappa shape index (κ2) is 7.53. The molecule has 2 heterocycles. The van der Waals surface area contributed by atoms with Crippen molar-refractivity contribution in [3.8, 4) is 0 Å². The van der Waals surface area contributed by atoms with Crippen LogP contribution in [0.5, 0.6) is 0 Å². The average molecular weight is 371 g/mol. The van der Waals surface area contributed by atoms with Crippen LogP contribution in [-0.4, -0.2) is 48.3 Å². The first-order valence-electron chi connectivity index (χ1n) is 7.99. The summed E-state index contributed by atoms with van der Waals surface area (Å²) in [6.07, 6.45) is 1.88. The molecule has 8 heteroatoms. The number of thiophene rings is 1. The molecule has 6 nitrogen and oxygen atoms in total. The number of nitrogens with zero attached hydrogens (tertiary/aromatic N) is 2. The van der Waals surface area contributed by atoms with Gasteiger partial charge in [0, 0.05) is 13.0 Å². The van der Waals surface area contributed by atoms with Crippen molar-refractivity contribution in [1.29, 1.82) is 0 Å². The molecule has 0 spiro atoms. The maximum absolute atomic E-state index is 12.7. The molecule has 1 saturated carbocycles. The molecular weight excluding hydrogens is 352 g/mol. The summed E-state index contributed by atoms with van der Waals surface area (Å²) >= 11 is 7.34. The molecule has 24 heavy (non-hydrogen) atoms. The lowest BCUT2D eigenvalue weighted by atomic mass is 10.1. The fourth-order valence-corrected chi connectivity index (χ4v) is 3.57. The van der Waals surface area contributed by atoms with Gasteiger partial charge in [-0.25, -0.2) is 0 Å². The number of hydrogen-bond donors (Lipinski definition) is 0. The molecule has 0 aromatic carbocycles. The van der Waals surface area contributed by atoms with Crippen LogP contribution in [0.3, 0.4) is 0 Å². The van der Waals surface area contributed by atoms with Crippen molar-refractivity contribution in [2.24, 2.45) is 11.1 Å². The normalized spacial score (nSPS) is 19.6. The number of hydrogen-bond acceptors (Lipinski definition) is 6. The number of amides is 1. The van der Waals surface area contributed by atoms with Crippen LogP contribution in [-0.2, 0) is 19.2 Å². The number of ether oxygens (including phenoxy) is 1. The van der Waals surface area contributed by atoms with Crippen LogP contribution in [0.1, 0.15) is 31.1 Å². The van der Waals surface area contributed by atoms with E-state index in [-0.39, 0.29) is 12.5 Å². The number of rotatable bonds is 7. The van der Waals surface area contributed by atoms with Crippen molar-refractivity contribution < 1.29 is 19.2 Å². The predicted octanol–water partition coefficient (Wildman–Crippen LogP) is 2.70. The third-order valence-electron chi connectivity index (χ3n) is 3.91. The van der Waals surface area contributed by atoms with Gasteiger partial charge in [0.1, 0.15) is 12.3 Å². The van der Waals surface area contributed by atoms with E-state index < -0.39 is 12.1 Å². The summed E-state index contributed by atoms with van der Waals surface area (Å²) in [6, 6.07) is 3.65. The minimum absolute atomic E-state index is 0.0385. The standard InChI is InChI=1S/C16H19ClN2O4S/c1-2-22-15(20)9-19(8-10-3-4-10)16(21)12-7-11(18-23-12)13-5-6-14(17)24-13/h5-6,10,12H,2-4,7-9H2,1H3/t12-/m1/s1. The van der Waals surface area contributed by atoms with Gasteiger partial charge in [0.15, 0.2) is 0 Å². The van der Waals surface area contributed by atoms with E-state index in [2.05, 4.69) is 5.16 Å². The molecule has 1 aliphatic carbocycles. The van der Waals surface area contributed by atoms with E-state index in [9.17, 15) is 9.59 Å². The second-order valence-corrected chi connectivity index (χ2v) is 7.62. The number of carbonyl (C=O) groups is 2. The first-order chi connectivity index (χ1) is 11.6. The van der Waals surface area contributed by atoms with E-state index >= 15 is 0 Å². The lowest BCUT2D eigenvalue weighted by molar-refractivity contribution is -0.153. The van der Waals surface area contributed by atoms with Crippen LogP contribution in [0.4, 0.5) is 0 Å². The third kappa shape index (κ3) is 4.27. The van der Waals surface area contributed by atoms with E-state index in [1.54, 1.807) is 17.9 Å². The van der Waals surface area contributed by atoms with E-state index in [0.717, 1.165) is 17.7 Å². The highest BCUT2D eigenvalue weighted by Crippen LogP contribution is 2.31. The fourth-order valence-electron chi connectivity index (χ4n) is 2.54. The number of carbonyl (C=O) groups excluding carboxylic acids is 2. The van der Waals surface area contributed by atoms with Crippen molar-refractivity contribution in [1.82, 2.24) is 4.90 Å². The zero-order chi connectivity index (χ0) is 17.1. The summed E-state index contributed by atoms with van der Waals surface area (Å²) in [5.41, 5.74) is 0.716. The van der Waals surface area contributed by atoms with Gasteiger partial charge in [-0.1, -0.05) is 16.8 Å². The molecule has 1 atom stereocenters. The van der Waals surface area contributed by atoms with Gasteiger partial charge in [-0.15, -0.1) is 11.3 Å². The molecule has 0 N–H and O–H groups in total. The first kappa shape index (κ1) is 17.2. The van der Waals surface area contributed by atoms with Crippen molar-refractivity contribution >= 4 is 40.5 Å². The molecular formula is C16H19ClN2O4S. The lowest BCUT2D eigenvalue weighted by Gasteiger charge is -2.23. The van der Waals surface area contributed by atoms with Gasteiger partial charge < -0.3 is 14.5 Å². The van der Waals surface area contributed by atoms with Gasteiger partial charge in [0.25, 0.3) is 5.91 Å². The second-order valence-electron chi connectivity index (χ2n) is 5.91. The largest absolute Gasteiger partial charge is 0.465 e. The van der Waals surface area contributed by atoms with Gasteiger partial charge >= 0.3 is 5.97 Å². The highest BCUT2D eigenvalue weighted by atomic mass is 35.5. The Balaban J connectivity index is 1.61. The SMILES string of the molecule is CCOC(=O)CN(CC1CC1)C(=O)[C@H]1CC(c2ccc(Cl)s2)=NO1. The average Bonchev–Trinajstić information content (AvgIpc) is 3.05. The predicted molar refractivity (Wildman–Crippen MR) is 91.3 cm³/mol. The zero-order valence-corrected chi connectivity index (χ0v) is 14.9. The van der Waals surface area contributed by atoms with E-state index in [0.29, 0.717) is 35.5 Å². The van der Waals surface area contributed by atoms with E-state index in [1.165, 1.54) is 11.3 Å². The van der Waals surface area contributed by atoms with Crippen LogP contribution < -0.4 is 0 Å². The Morgan fingerprint density at radius 3 is 2.88 bits per heavy atom. The molecule has 1 aliphatic heterocycles. The van der Waals surface area contributed by atoms with Gasteiger partial charge in [0.2, 0.25) is 6.10 Å². The van der Waals surface area contributed by atoms with E-state index in [1.807, 2.05) is 6.07 Å². The summed E-state index contributed by atoms with van der Waals surface area (Å²) in [4.78, 5) is 32.3. The van der Waals surface area contributed by atoms with Crippen molar-refractivity contribution in [3.63, 3.8) is 0 Å². The Labute approximate surface area is 149 Å². The molecule has 0 unspecified atom stereocenters. The Morgan fingerprint density at radius 2 is 2.25 bits per heavy atom. The summed E-state index contributed by atoms with van der Waals surface area (Å²) in [5.74, 6) is -0.131. The highest BCUT2D eigenvalue weighted by molar-refractivity contribution is 7.18. The number of esters is 1. The zero-order valence-electron chi connectivity index (χ0n) is 13.4. The molecule has 1 fully saturated rings. The molecule has 1 aromatic rings. The summed E-state index contributed by atoms with van der Waals surface area (Å²) in [6.45, 7) is 2.58. The Hall–Kier alpha value is -1.60. The number of oxime groups is 1. The Kier molecular flexibility index (Phi) is 5.40. The molecule has 1 amide bonds. The molecule has 1 aromatic heterocycles. The summed E-state index contributed by atoms with van der Waals surface area (Å²) in [5, 5.41) is 4.02. The maximum atomic E-state index is 12.7. The van der Waals surface area contributed by atoms with Gasteiger partial charge in [-0.05, 0) is 37.8 Å². The minimum atomic E-state index is -0.686. The fraction of sp³-hybridized carbons (Fsp3) is 0.562. The molecule has 2 aliphatic rings. The van der Waals surface area contributed by atoms with Gasteiger partial charge in [-0.2, -0.15) is 0 Å². The molecule has 0 radical (unpaired) electrons. The lowest BCUT2D eigenvalue weighted by Crippen LogP contribution is -2.43. The number of halogens is 1. The third-order valence-corrected chi connectivity index (χ3v) is 5.19. The Bertz CT molecular complexity index is 656. The summed E-state index contributed by atoms with van der Waals surface area (Å²) in [7, 11) is 0.